The van der Waals surface area contributed by atoms with E-state index in [-0.39, 0.29) is 60.6 Å². The zero-order chi connectivity index (χ0) is 58.6. The molecule has 6 rings (SSSR count). The second-order valence-electron chi connectivity index (χ2n) is 26.5. The van der Waals surface area contributed by atoms with E-state index in [9.17, 15) is 20.1 Å². The van der Waals surface area contributed by atoms with Crippen LogP contribution in [0, 0.1) is 22.7 Å². The van der Waals surface area contributed by atoms with Gasteiger partial charge in [0.15, 0.2) is 11.1 Å². The molecule has 2 atom stereocenters. The Hall–Kier alpha value is -7.16. The average molecular weight is 1070 g/mol. The zero-order valence-electron chi connectivity index (χ0n) is 50.5. The molecule has 0 aliphatic carbocycles. The zero-order valence-corrected chi connectivity index (χ0v) is 50.5. The predicted molar refractivity (Wildman–Crippen MR) is 325 cm³/mol. The molecule has 0 radical (unpaired) electrons. The van der Waals surface area contributed by atoms with Crippen LogP contribution in [0.15, 0.2) is 168 Å². The summed E-state index contributed by atoms with van der Waals surface area (Å²) in [6.45, 7) is 30.2. The number of nitriles is 2. The standard InChI is InChI=1S/C72H88N4O4/c1-65(2,3)53-27-35-59(36-28-53)71(57-23-17-15-18-24-57,60-37-29-54(30-38-60)66(4,5)6)45-21-49-79-63(77)43-47-69(13,51-73)75-76-70(14,52-74)48-44-64(78)80-50-22-46-72(58-25-19-16-20-26-58,61-39-31-55(32-40-61)67(7,8)9)62-41-33-56(34-42-62)68(10,11)12/h15-20,23-42H,21-22,43-50H2,1-14H3. The third kappa shape index (κ3) is 15.4. The number of hydrogen-bond acceptors (Lipinski definition) is 8. The summed E-state index contributed by atoms with van der Waals surface area (Å²) in [4.78, 5) is 26.8. The summed E-state index contributed by atoms with van der Waals surface area (Å²) in [5, 5.41) is 29.3. The fourth-order valence-electron chi connectivity index (χ4n) is 10.7. The topological polar surface area (TPSA) is 125 Å². The first-order chi connectivity index (χ1) is 37.6. The third-order valence-corrected chi connectivity index (χ3v) is 16.0. The van der Waals surface area contributed by atoms with Crippen molar-refractivity contribution in [2.24, 2.45) is 10.2 Å². The second kappa shape index (κ2) is 25.5. The van der Waals surface area contributed by atoms with Crippen molar-refractivity contribution in [2.45, 2.75) is 192 Å². The van der Waals surface area contributed by atoms with Crippen LogP contribution in [0.2, 0.25) is 0 Å². The number of esters is 2. The van der Waals surface area contributed by atoms with E-state index in [4.69, 9.17) is 9.47 Å². The molecule has 0 N–H and O–H groups in total. The van der Waals surface area contributed by atoms with Gasteiger partial charge in [0.1, 0.15) is 0 Å². The summed E-state index contributed by atoms with van der Waals surface area (Å²) < 4.78 is 11.8. The molecule has 2 unspecified atom stereocenters. The maximum Gasteiger partial charge on any atom is 0.305 e. The summed E-state index contributed by atoms with van der Waals surface area (Å²) in [5.41, 5.74) is 8.06. The van der Waals surface area contributed by atoms with Crippen LogP contribution in [0.25, 0.3) is 0 Å². The highest BCUT2D eigenvalue weighted by Crippen LogP contribution is 2.46. The summed E-state index contributed by atoms with van der Waals surface area (Å²) in [6.07, 6.45) is 2.44. The molecular formula is C72H88N4O4. The maximum absolute atomic E-state index is 13.4. The van der Waals surface area contributed by atoms with E-state index in [0.29, 0.717) is 25.7 Å². The summed E-state index contributed by atoms with van der Waals surface area (Å²) >= 11 is 0. The van der Waals surface area contributed by atoms with Gasteiger partial charge in [-0.3, -0.25) is 9.59 Å². The first-order valence-electron chi connectivity index (χ1n) is 28.7. The molecule has 6 aromatic rings. The number of ether oxygens (including phenoxy) is 2. The number of benzene rings is 6. The monoisotopic (exact) mass is 1070 g/mol. The van der Waals surface area contributed by atoms with Gasteiger partial charge >= 0.3 is 11.9 Å². The summed E-state index contributed by atoms with van der Waals surface area (Å²) in [6, 6.07) is 61.3. The van der Waals surface area contributed by atoms with Crippen molar-refractivity contribution in [3.05, 3.63) is 213 Å². The molecule has 80 heavy (non-hydrogen) atoms. The molecule has 8 nitrogen and oxygen atoms in total. The van der Waals surface area contributed by atoms with Crippen LogP contribution in [-0.2, 0) is 51.6 Å². The fourth-order valence-corrected chi connectivity index (χ4v) is 10.7. The minimum Gasteiger partial charge on any atom is -0.466 e. The molecule has 420 valence electrons. The number of carbonyl (C=O) groups is 2. The SMILES string of the molecule is CC(C#N)(CCC(=O)OCCCC(c1ccccc1)(c1ccc(C(C)(C)C)cc1)c1ccc(C(C)(C)C)cc1)N=NC(C)(C#N)CCC(=O)OCCCC(c1ccccc1)(c1ccc(C(C)(C)C)cc1)c1ccc(C(C)(C)C)cc1. The molecule has 0 amide bonds. The molecule has 0 aromatic heterocycles. The van der Waals surface area contributed by atoms with Crippen LogP contribution in [0.3, 0.4) is 0 Å². The second-order valence-corrected chi connectivity index (χ2v) is 26.5. The lowest BCUT2D eigenvalue weighted by atomic mass is 9.66. The maximum atomic E-state index is 13.4. The fraction of sp³-hybridized carbons (Fsp3) is 0.444. The Morgan fingerprint density at radius 2 is 0.575 bits per heavy atom. The van der Waals surface area contributed by atoms with Gasteiger partial charge in [-0.25, -0.2) is 0 Å². The van der Waals surface area contributed by atoms with E-state index >= 15 is 0 Å². The molecule has 6 aromatic carbocycles. The van der Waals surface area contributed by atoms with Crippen LogP contribution >= 0.6 is 0 Å². The highest BCUT2D eigenvalue weighted by atomic mass is 16.5. The lowest BCUT2D eigenvalue weighted by Crippen LogP contribution is -2.30. The molecule has 0 spiro atoms. The van der Waals surface area contributed by atoms with Crippen LogP contribution < -0.4 is 0 Å². The summed E-state index contributed by atoms with van der Waals surface area (Å²) in [5.74, 6) is -0.889. The van der Waals surface area contributed by atoms with Crippen molar-refractivity contribution in [3.63, 3.8) is 0 Å². The Morgan fingerprint density at radius 3 is 0.800 bits per heavy atom. The molecule has 0 aliphatic rings. The van der Waals surface area contributed by atoms with Crippen molar-refractivity contribution in [3.8, 4) is 12.1 Å². The number of carbonyl (C=O) groups excluding carboxylic acids is 2. The van der Waals surface area contributed by atoms with Crippen LogP contribution in [0.4, 0.5) is 0 Å². The highest BCUT2D eigenvalue weighted by Gasteiger charge is 2.39. The number of nitrogens with zero attached hydrogens (tertiary/aromatic N) is 4. The minimum absolute atomic E-state index is 0.00693. The first-order valence-corrected chi connectivity index (χ1v) is 28.7. The Bertz CT molecular complexity index is 2760. The Kier molecular flexibility index (Phi) is 19.8. The van der Waals surface area contributed by atoms with Crippen molar-refractivity contribution in [2.75, 3.05) is 13.2 Å². The molecule has 0 saturated heterocycles. The van der Waals surface area contributed by atoms with Gasteiger partial charge in [-0.15, -0.1) is 0 Å². The predicted octanol–water partition coefficient (Wildman–Crippen LogP) is 17.5. The van der Waals surface area contributed by atoms with Crippen molar-refractivity contribution in [1.29, 1.82) is 10.5 Å². The van der Waals surface area contributed by atoms with Gasteiger partial charge in [-0.1, -0.05) is 241 Å². The molecule has 0 fully saturated rings. The normalized spacial score (nSPS) is 14.1. The van der Waals surface area contributed by atoms with Crippen LogP contribution in [0.5, 0.6) is 0 Å². The summed E-state index contributed by atoms with van der Waals surface area (Å²) in [7, 11) is 0. The lowest BCUT2D eigenvalue weighted by Gasteiger charge is -2.37. The van der Waals surface area contributed by atoms with Crippen molar-refractivity contribution >= 4 is 11.9 Å². The smallest absolute Gasteiger partial charge is 0.305 e. The Labute approximate surface area is 480 Å². The van der Waals surface area contributed by atoms with E-state index in [1.54, 1.807) is 13.8 Å². The number of hydrogen-bond donors (Lipinski definition) is 0. The highest BCUT2D eigenvalue weighted by molar-refractivity contribution is 5.70. The van der Waals surface area contributed by atoms with E-state index in [1.807, 2.05) is 12.1 Å². The molecule has 0 aliphatic heterocycles. The Balaban J connectivity index is 1.08. The lowest BCUT2D eigenvalue weighted by molar-refractivity contribution is -0.145. The van der Waals surface area contributed by atoms with Gasteiger partial charge < -0.3 is 9.47 Å². The third-order valence-electron chi connectivity index (χ3n) is 16.0. The number of azo groups is 1. The quantitative estimate of drug-likeness (QED) is 0.0289. The molecule has 0 saturated carbocycles. The van der Waals surface area contributed by atoms with Crippen LogP contribution in [0.1, 0.15) is 204 Å². The van der Waals surface area contributed by atoms with Gasteiger partial charge in [0.25, 0.3) is 0 Å². The van der Waals surface area contributed by atoms with Gasteiger partial charge in [-0.05, 0) is 130 Å². The molecule has 0 bridgehead atoms. The van der Waals surface area contributed by atoms with Gasteiger partial charge in [0.05, 0.1) is 25.4 Å². The molecular weight excluding hydrogens is 985 g/mol. The van der Waals surface area contributed by atoms with Crippen LogP contribution in [-0.4, -0.2) is 36.2 Å². The van der Waals surface area contributed by atoms with Gasteiger partial charge in [0.2, 0.25) is 0 Å². The van der Waals surface area contributed by atoms with E-state index in [2.05, 4.69) is 251 Å². The minimum atomic E-state index is -1.41. The first kappa shape index (κ1) is 62.0. The largest absolute Gasteiger partial charge is 0.466 e. The van der Waals surface area contributed by atoms with E-state index < -0.39 is 33.8 Å². The molecule has 0 heterocycles. The number of rotatable bonds is 22. The van der Waals surface area contributed by atoms with Gasteiger partial charge in [-0.2, -0.15) is 20.8 Å². The van der Waals surface area contributed by atoms with E-state index in [0.717, 1.165) is 33.4 Å². The van der Waals surface area contributed by atoms with Gasteiger partial charge in [0, 0.05) is 23.7 Å². The van der Waals surface area contributed by atoms with Crippen molar-refractivity contribution < 1.29 is 19.1 Å². The van der Waals surface area contributed by atoms with E-state index in [1.165, 1.54) is 22.3 Å². The van der Waals surface area contributed by atoms with Crippen molar-refractivity contribution in [1.82, 2.24) is 0 Å². The molecule has 8 heteroatoms. The average Bonchev–Trinajstić information content (AvgIpc) is 3.64. The Morgan fingerprint density at radius 1 is 0.350 bits per heavy atom.